The van der Waals surface area contributed by atoms with Gasteiger partial charge in [-0.05, 0) is 53.9 Å². The summed E-state index contributed by atoms with van der Waals surface area (Å²) in [4.78, 5) is 26.7. The number of benzene rings is 3. The third-order valence-electron chi connectivity index (χ3n) is 5.41. The molecule has 6 heteroatoms. The van der Waals surface area contributed by atoms with E-state index in [0.717, 1.165) is 22.6 Å². The summed E-state index contributed by atoms with van der Waals surface area (Å²) in [5.41, 5.74) is 4.52. The number of hydrogen-bond acceptors (Lipinski definition) is 4. The van der Waals surface area contributed by atoms with Crippen LogP contribution >= 0.6 is 0 Å². The maximum absolute atomic E-state index is 12.6. The Hall–Kier alpha value is -3.80. The molecule has 1 heterocycles. The molecule has 0 aliphatic carbocycles. The molecule has 1 atom stereocenters. The van der Waals surface area contributed by atoms with Gasteiger partial charge in [0.15, 0.2) is 0 Å². The lowest BCUT2D eigenvalue weighted by Crippen LogP contribution is -2.28. The number of amides is 2. The lowest BCUT2D eigenvalue weighted by molar-refractivity contribution is -0.117. The van der Waals surface area contributed by atoms with Crippen molar-refractivity contribution in [2.24, 2.45) is 0 Å². The molecule has 0 radical (unpaired) electrons. The number of ether oxygens (including phenoxy) is 1. The first-order valence-corrected chi connectivity index (χ1v) is 10.8. The summed E-state index contributed by atoms with van der Waals surface area (Å²) in [7, 11) is 0. The summed E-state index contributed by atoms with van der Waals surface area (Å²) < 4.78 is 5.54. The van der Waals surface area contributed by atoms with Crippen LogP contribution in [0.25, 0.3) is 0 Å². The fraction of sp³-hybridized carbons (Fsp3) is 0.231. The third kappa shape index (κ3) is 5.09. The number of carbonyl (C=O) groups excluding carboxylic acids is 2. The molecular weight excluding hydrogens is 402 g/mol. The Bertz CT molecular complexity index is 1080. The summed E-state index contributed by atoms with van der Waals surface area (Å²) in [6, 6.07) is 25.1. The van der Waals surface area contributed by atoms with Crippen LogP contribution in [0.5, 0.6) is 0 Å². The minimum atomic E-state index is -0.564. The van der Waals surface area contributed by atoms with Crippen LogP contribution in [0.2, 0.25) is 0 Å². The van der Waals surface area contributed by atoms with E-state index in [1.54, 1.807) is 17.0 Å². The van der Waals surface area contributed by atoms with Crippen LogP contribution in [0.4, 0.5) is 27.5 Å². The van der Waals surface area contributed by atoms with Gasteiger partial charge in [-0.3, -0.25) is 10.1 Å². The van der Waals surface area contributed by atoms with Crippen molar-refractivity contribution in [1.82, 2.24) is 0 Å². The monoisotopic (exact) mass is 429 g/mol. The van der Waals surface area contributed by atoms with Crippen molar-refractivity contribution < 1.29 is 14.3 Å². The highest BCUT2D eigenvalue weighted by molar-refractivity contribution is 5.97. The van der Waals surface area contributed by atoms with Gasteiger partial charge in [0.1, 0.15) is 6.10 Å². The van der Waals surface area contributed by atoms with Crippen molar-refractivity contribution in [3.05, 3.63) is 84.4 Å². The topological polar surface area (TPSA) is 70.7 Å². The highest BCUT2D eigenvalue weighted by atomic mass is 16.6. The molecule has 4 rings (SSSR count). The summed E-state index contributed by atoms with van der Waals surface area (Å²) >= 11 is 0. The normalized spacial score (nSPS) is 15.7. The Morgan fingerprint density at radius 1 is 0.906 bits per heavy atom. The van der Waals surface area contributed by atoms with Crippen LogP contribution in [0, 0.1) is 0 Å². The van der Waals surface area contributed by atoms with Gasteiger partial charge in [-0.2, -0.15) is 0 Å². The molecule has 0 aromatic heterocycles. The summed E-state index contributed by atoms with van der Waals surface area (Å²) in [5, 5.41) is 6.03. The number of para-hydroxylation sites is 2. The SMILES string of the molecule is CC(C)c1ccccc1N1CC(OC(=O)Nc2ccc(Nc3ccccc3)cc2)CC1=O. The molecule has 1 aliphatic heterocycles. The number of nitrogens with zero attached hydrogens (tertiary/aromatic N) is 1. The quantitative estimate of drug-likeness (QED) is 0.511. The number of carbonyl (C=O) groups is 2. The van der Waals surface area contributed by atoms with Gasteiger partial charge in [-0.15, -0.1) is 0 Å². The van der Waals surface area contributed by atoms with E-state index in [1.807, 2.05) is 66.7 Å². The Labute approximate surface area is 188 Å². The van der Waals surface area contributed by atoms with Crippen LogP contribution in [-0.2, 0) is 9.53 Å². The average Bonchev–Trinajstić information content (AvgIpc) is 3.15. The summed E-state index contributed by atoms with van der Waals surface area (Å²) in [6.07, 6.45) is -0.868. The lowest BCUT2D eigenvalue weighted by Gasteiger charge is -2.22. The molecule has 2 N–H and O–H groups in total. The molecule has 0 spiro atoms. The van der Waals surface area contributed by atoms with Crippen molar-refractivity contribution in [3.63, 3.8) is 0 Å². The molecule has 0 saturated carbocycles. The van der Waals surface area contributed by atoms with Crippen molar-refractivity contribution in [2.45, 2.75) is 32.3 Å². The molecule has 6 nitrogen and oxygen atoms in total. The van der Waals surface area contributed by atoms with Crippen molar-refractivity contribution >= 4 is 34.7 Å². The second-order valence-corrected chi connectivity index (χ2v) is 8.14. The van der Waals surface area contributed by atoms with Crippen LogP contribution < -0.4 is 15.5 Å². The van der Waals surface area contributed by atoms with Gasteiger partial charge in [0.25, 0.3) is 0 Å². The smallest absolute Gasteiger partial charge is 0.411 e. The zero-order valence-electron chi connectivity index (χ0n) is 18.2. The van der Waals surface area contributed by atoms with Gasteiger partial charge in [-0.25, -0.2) is 4.79 Å². The Balaban J connectivity index is 1.33. The first-order valence-electron chi connectivity index (χ1n) is 10.8. The average molecular weight is 430 g/mol. The molecular formula is C26H27N3O3. The molecule has 1 fully saturated rings. The third-order valence-corrected chi connectivity index (χ3v) is 5.41. The van der Waals surface area contributed by atoms with Gasteiger partial charge < -0.3 is 15.0 Å². The maximum atomic E-state index is 12.6. The largest absolute Gasteiger partial charge is 0.444 e. The zero-order chi connectivity index (χ0) is 22.5. The molecule has 32 heavy (non-hydrogen) atoms. The highest BCUT2D eigenvalue weighted by Gasteiger charge is 2.34. The van der Waals surface area contributed by atoms with Crippen LogP contribution in [0.3, 0.4) is 0 Å². The minimum absolute atomic E-state index is 0.0350. The van der Waals surface area contributed by atoms with Gasteiger partial charge in [0.05, 0.1) is 13.0 Å². The number of anilines is 4. The first kappa shape index (κ1) is 21.4. The van der Waals surface area contributed by atoms with Gasteiger partial charge in [0.2, 0.25) is 5.91 Å². The maximum Gasteiger partial charge on any atom is 0.411 e. The van der Waals surface area contributed by atoms with E-state index in [-0.39, 0.29) is 12.3 Å². The molecule has 3 aromatic rings. The van der Waals surface area contributed by atoms with Crippen molar-refractivity contribution in [1.29, 1.82) is 0 Å². The minimum Gasteiger partial charge on any atom is -0.444 e. The van der Waals surface area contributed by atoms with Crippen LogP contribution in [0.1, 0.15) is 31.7 Å². The highest BCUT2D eigenvalue weighted by Crippen LogP contribution is 2.31. The van der Waals surface area contributed by atoms with E-state index in [0.29, 0.717) is 18.2 Å². The van der Waals surface area contributed by atoms with E-state index < -0.39 is 12.2 Å². The number of rotatable bonds is 6. The van der Waals surface area contributed by atoms with Gasteiger partial charge in [0, 0.05) is 22.7 Å². The predicted octanol–water partition coefficient (Wildman–Crippen LogP) is 5.91. The van der Waals surface area contributed by atoms with Gasteiger partial charge >= 0.3 is 6.09 Å². The molecule has 3 aromatic carbocycles. The Morgan fingerprint density at radius 2 is 1.53 bits per heavy atom. The number of hydrogen-bond donors (Lipinski definition) is 2. The van der Waals surface area contributed by atoms with Gasteiger partial charge in [-0.1, -0.05) is 50.2 Å². The molecule has 2 amide bonds. The zero-order valence-corrected chi connectivity index (χ0v) is 18.2. The van der Waals surface area contributed by atoms with E-state index in [4.69, 9.17) is 4.74 Å². The standard InChI is InChI=1S/C26H27N3O3/c1-18(2)23-10-6-7-11-24(23)29-17-22(16-25(29)30)32-26(31)28-21-14-12-20(13-15-21)27-19-8-4-3-5-9-19/h3-15,18,22,27H,16-17H2,1-2H3,(H,28,31). The van der Waals surface area contributed by atoms with Crippen LogP contribution in [-0.4, -0.2) is 24.6 Å². The lowest BCUT2D eigenvalue weighted by atomic mass is 10.0. The van der Waals surface area contributed by atoms with Crippen molar-refractivity contribution in [3.8, 4) is 0 Å². The molecule has 1 unspecified atom stereocenters. The molecule has 0 bridgehead atoms. The van der Waals surface area contributed by atoms with E-state index in [9.17, 15) is 9.59 Å². The Kier molecular flexibility index (Phi) is 6.40. The predicted molar refractivity (Wildman–Crippen MR) is 128 cm³/mol. The number of nitrogens with one attached hydrogen (secondary N) is 2. The van der Waals surface area contributed by atoms with Crippen LogP contribution in [0.15, 0.2) is 78.9 Å². The second kappa shape index (κ2) is 9.56. The second-order valence-electron chi connectivity index (χ2n) is 8.14. The summed E-state index contributed by atoms with van der Waals surface area (Å²) in [6.45, 7) is 4.55. The molecule has 164 valence electrons. The fourth-order valence-corrected chi connectivity index (χ4v) is 3.83. The van der Waals surface area contributed by atoms with E-state index in [1.165, 1.54) is 0 Å². The van der Waals surface area contributed by atoms with Crippen molar-refractivity contribution in [2.75, 3.05) is 22.1 Å². The van der Waals surface area contributed by atoms with E-state index >= 15 is 0 Å². The fourth-order valence-electron chi connectivity index (χ4n) is 3.83. The summed E-state index contributed by atoms with van der Waals surface area (Å²) in [5.74, 6) is 0.258. The molecule has 1 aliphatic rings. The molecule has 1 saturated heterocycles. The first-order chi connectivity index (χ1) is 15.5. The van der Waals surface area contributed by atoms with E-state index in [2.05, 4.69) is 24.5 Å². The Morgan fingerprint density at radius 3 is 2.25 bits per heavy atom.